The molecule has 2 bridgehead atoms. The lowest BCUT2D eigenvalue weighted by molar-refractivity contribution is -0.128. The van der Waals surface area contributed by atoms with Crippen molar-refractivity contribution in [1.29, 1.82) is 0 Å². The predicted molar refractivity (Wildman–Crippen MR) is 147 cm³/mol. The average molecular weight is 489 g/mol. The number of carbonyl (C=O) groups is 1. The van der Waals surface area contributed by atoms with Gasteiger partial charge in [-0.3, -0.25) is 20.0 Å². The zero-order chi connectivity index (χ0) is 24.9. The number of hydrogen-bond donors (Lipinski definition) is 1. The molecule has 3 heterocycles. The molecule has 194 valence electrons. The quantitative estimate of drug-likeness (QED) is 0.521. The van der Waals surface area contributed by atoms with Crippen molar-refractivity contribution in [3.8, 4) is 0 Å². The second-order valence-corrected chi connectivity index (χ2v) is 11.1. The van der Waals surface area contributed by atoms with Crippen molar-refractivity contribution in [2.24, 2.45) is 5.92 Å². The summed E-state index contributed by atoms with van der Waals surface area (Å²) in [5.41, 5.74) is 7.34. The third kappa shape index (κ3) is 5.69. The number of nitrogens with one attached hydrogen (secondary N) is 1. The van der Waals surface area contributed by atoms with E-state index < -0.39 is 0 Å². The number of amides is 1. The van der Waals surface area contributed by atoms with Gasteiger partial charge in [0.1, 0.15) is 0 Å². The van der Waals surface area contributed by atoms with Gasteiger partial charge < -0.3 is 0 Å². The monoisotopic (exact) mass is 488 g/mol. The molecule has 0 aromatic heterocycles. The number of nitrogens with zero attached hydrogens (tertiary/aromatic N) is 3. The maximum atomic E-state index is 13.0. The van der Waals surface area contributed by atoms with Crippen LogP contribution >= 0.6 is 0 Å². The summed E-state index contributed by atoms with van der Waals surface area (Å²) in [6, 6.07) is 10.6. The van der Waals surface area contributed by atoms with Gasteiger partial charge in [-0.2, -0.15) is 0 Å². The third-order valence-electron chi connectivity index (χ3n) is 8.69. The Balaban J connectivity index is 1.38. The lowest BCUT2D eigenvalue weighted by Gasteiger charge is -2.38. The third-order valence-corrected chi connectivity index (χ3v) is 8.69. The number of aryl methyl sites for hydroxylation is 1. The Labute approximate surface area is 217 Å². The van der Waals surface area contributed by atoms with Crippen molar-refractivity contribution in [1.82, 2.24) is 20.2 Å². The smallest absolute Gasteiger partial charge is 0.241 e. The number of rotatable bonds is 8. The number of piperidine rings is 1. The van der Waals surface area contributed by atoms with Crippen molar-refractivity contribution in [2.75, 3.05) is 32.7 Å². The topological polar surface area (TPSA) is 38.8 Å². The Morgan fingerprint density at radius 2 is 1.97 bits per heavy atom. The standard InChI is InChI=1S/C31H44N4O/c1-3-18-33-21-17-28-15-16-29(23-33)35(28)30(27-10-8-9-24(4-2)22-27)25-11-13-26(14-12-25)31(36)32-34-19-6-5-7-20-34/h3,8-13,22,26,28-30H,1,4-7,14-21,23H2,2H3,(H,32,36). The fraction of sp³-hybridized carbons (Fsp3) is 0.581. The molecule has 3 saturated heterocycles. The minimum Gasteiger partial charge on any atom is -0.298 e. The Morgan fingerprint density at radius 1 is 1.14 bits per heavy atom. The highest BCUT2D eigenvalue weighted by molar-refractivity contribution is 5.80. The number of allylic oxidation sites excluding steroid dienone is 1. The molecule has 1 amide bonds. The van der Waals surface area contributed by atoms with Gasteiger partial charge in [0.05, 0.1) is 12.0 Å². The molecule has 4 unspecified atom stereocenters. The first-order valence-corrected chi connectivity index (χ1v) is 14.3. The van der Waals surface area contributed by atoms with E-state index in [0.29, 0.717) is 12.1 Å². The molecule has 5 heteroatoms. The maximum Gasteiger partial charge on any atom is 0.241 e. The predicted octanol–water partition coefficient (Wildman–Crippen LogP) is 5.03. The fourth-order valence-corrected chi connectivity index (χ4v) is 6.75. The first-order chi connectivity index (χ1) is 17.7. The van der Waals surface area contributed by atoms with Crippen LogP contribution in [-0.4, -0.2) is 65.5 Å². The van der Waals surface area contributed by atoms with Gasteiger partial charge in [-0.15, -0.1) is 6.58 Å². The summed E-state index contributed by atoms with van der Waals surface area (Å²) < 4.78 is 0. The van der Waals surface area contributed by atoms with Crippen LogP contribution in [0.3, 0.4) is 0 Å². The van der Waals surface area contributed by atoms with E-state index in [4.69, 9.17) is 0 Å². The van der Waals surface area contributed by atoms with Crippen molar-refractivity contribution < 1.29 is 4.79 Å². The lowest BCUT2D eigenvalue weighted by Crippen LogP contribution is -2.47. The molecule has 5 rings (SSSR count). The molecular formula is C31H44N4O. The van der Waals surface area contributed by atoms with Gasteiger partial charge in [-0.25, -0.2) is 5.01 Å². The Morgan fingerprint density at radius 3 is 2.72 bits per heavy atom. The summed E-state index contributed by atoms with van der Waals surface area (Å²) in [5, 5.41) is 2.11. The van der Waals surface area contributed by atoms with Gasteiger partial charge in [0.2, 0.25) is 5.91 Å². The summed E-state index contributed by atoms with van der Waals surface area (Å²) in [4.78, 5) is 18.4. The zero-order valence-corrected chi connectivity index (χ0v) is 22.1. The Kier molecular flexibility index (Phi) is 8.40. The van der Waals surface area contributed by atoms with Crippen LogP contribution in [0.25, 0.3) is 0 Å². The van der Waals surface area contributed by atoms with Crippen LogP contribution in [0, 0.1) is 5.92 Å². The molecule has 1 aromatic rings. The van der Waals surface area contributed by atoms with Gasteiger partial charge in [0.25, 0.3) is 0 Å². The van der Waals surface area contributed by atoms with Crippen LogP contribution in [0.15, 0.2) is 60.7 Å². The summed E-state index contributed by atoms with van der Waals surface area (Å²) in [6.45, 7) is 11.4. The largest absolute Gasteiger partial charge is 0.298 e. The number of carbonyl (C=O) groups excluding carboxylic acids is 1. The minimum atomic E-state index is -0.0813. The first-order valence-electron chi connectivity index (χ1n) is 14.3. The highest BCUT2D eigenvalue weighted by Crippen LogP contribution is 2.42. The van der Waals surface area contributed by atoms with Crippen LogP contribution in [0.1, 0.15) is 69.0 Å². The van der Waals surface area contributed by atoms with E-state index in [1.807, 2.05) is 6.08 Å². The minimum absolute atomic E-state index is 0.0813. The molecular weight excluding hydrogens is 444 g/mol. The molecule has 0 spiro atoms. The molecule has 0 radical (unpaired) electrons. The van der Waals surface area contributed by atoms with Crippen LogP contribution in [0.4, 0.5) is 0 Å². The molecule has 1 aromatic carbocycles. The molecule has 1 aliphatic carbocycles. The molecule has 36 heavy (non-hydrogen) atoms. The van der Waals surface area contributed by atoms with Crippen molar-refractivity contribution >= 4 is 5.91 Å². The van der Waals surface area contributed by atoms with Gasteiger partial charge in [0, 0.05) is 44.8 Å². The average Bonchev–Trinajstić information content (AvgIpc) is 3.21. The molecule has 3 fully saturated rings. The van der Waals surface area contributed by atoms with Crippen molar-refractivity contribution in [3.05, 3.63) is 71.8 Å². The normalized spacial score (nSPS) is 28.4. The molecule has 0 saturated carbocycles. The molecule has 5 nitrogen and oxygen atoms in total. The van der Waals surface area contributed by atoms with Crippen LogP contribution in [-0.2, 0) is 11.2 Å². The van der Waals surface area contributed by atoms with Crippen molar-refractivity contribution in [3.63, 3.8) is 0 Å². The van der Waals surface area contributed by atoms with Crippen LogP contribution in [0.5, 0.6) is 0 Å². The van der Waals surface area contributed by atoms with E-state index >= 15 is 0 Å². The number of likely N-dealkylation sites (tertiary alicyclic amines) is 1. The highest BCUT2D eigenvalue weighted by atomic mass is 16.2. The second-order valence-electron chi connectivity index (χ2n) is 11.1. The molecule has 4 atom stereocenters. The second kappa shape index (κ2) is 11.9. The summed E-state index contributed by atoms with van der Waals surface area (Å²) in [5.74, 6) is 0.0603. The number of benzene rings is 1. The number of fused-ring (bicyclic) bond motifs is 2. The summed E-state index contributed by atoms with van der Waals surface area (Å²) in [7, 11) is 0. The van der Waals surface area contributed by atoms with E-state index in [0.717, 1.165) is 45.6 Å². The van der Waals surface area contributed by atoms with Gasteiger partial charge >= 0.3 is 0 Å². The summed E-state index contributed by atoms with van der Waals surface area (Å²) in [6.07, 6.45) is 18.0. The van der Waals surface area contributed by atoms with E-state index in [-0.39, 0.29) is 17.9 Å². The number of hydrogen-bond acceptors (Lipinski definition) is 4. The fourth-order valence-electron chi connectivity index (χ4n) is 6.75. The van der Waals surface area contributed by atoms with Crippen LogP contribution in [0.2, 0.25) is 0 Å². The lowest BCUT2D eigenvalue weighted by atomic mass is 9.87. The van der Waals surface area contributed by atoms with Crippen LogP contribution < -0.4 is 5.43 Å². The zero-order valence-electron chi connectivity index (χ0n) is 22.1. The Hall–Kier alpha value is -2.21. The first kappa shape index (κ1) is 25.4. The Bertz CT molecular complexity index is 979. The van der Waals surface area contributed by atoms with E-state index in [9.17, 15) is 4.79 Å². The van der Waals surface area contributed by atoms with E-state index in [1.54, 1.807) is 0 Å². The van der Waals surface area contributed by atoms with E-state index in [2.05, 4.69) is 76.2 Å². The maximum absolute atomic E-state index is 13.0. The summed E-state index contributed by atoms with van der Waals surface area (Å²) >= 11 is 0. The van der Waals surface area contributed by atoms with Crippen molar-refractivity contribution in [2.45, 2.75) is 76.4 Å². The molecule has 1 N–H and O–H groups in total. The van der Waals surface area contributed by atoms with Gasteiger partial charge in [0.15, 0.2) is 0 Å². The van der Waals surface area contributed by atoms with Gasteiger partial charge in [-0.1, -0.05) is 61.9 Å². The molecule has 3 aliphatic heterocycles. The SMILES string of the molecule is C=CCN1CCC2CCC(C1)N2C(C1=CCC(C(=O)NN2CCCCC2)C=C1)c1cccc(CC)c1. The van der Waals surface area contributed by atoms with Gasteiger partial charge in [-0.05, 0) is 61.6 Å². The number of hydrazine groups is 1. The highest BCUT2D eigenvalue weighted by Gasteiger charge is 2.42. The van der Waals surface area contributed by atoms with E-state index in [1.165, 1.54) is 55.2 Å². The molecule has 4 aliphatic rings.